The maximum atomic E-state index is 14.2. The molecule has 0 saturated carbocycles. The molecule has 15 heteroatoms. The van der Waals surface area contributed by atoms with Crippen molar-refractivity contribution in [2.45, 2.75) is 115 Å². The third kappa shape index (κ3) is 10.3. The number of fused-ring (bicyclic) bond motifs is 2. The molecule has 0 bridgehead atoms. The van der Waals surface area contributed by atoms with E-state index in [-0.39, 0.29) is 19.5 Å². The minimum atomic E-state index is -1.43. The first kappa shape index (κ1) is 40.3. The summed E-state index contributed by atoms with van der Waals surface area (Å²) < 4.78 is 5.65. The van der Waals surface area contributed by atoms with Gasteiger partial charge in [0.2, 0.25) is 35.4 Å². The fraction of sp³-hybridized carbons (Fsp3) is 0.595. The van der Waals surface area contributed by atoms with Crippen LogP contribution in [0.5, 0.6) is 0 Å². The van der Waals surface area contributed by atoms with Crippen LogP contribution in [0.25, 0.3) is 0 Å². The Labute approximate surface area is 310 Å². The molecule has 3 aliphatic rings. The van der Waals surface area contributed by atoms with Crippen molar-refractivity contribution in [2.75, 3.05) is 26.7 Å². The molecular weight excluding hydrogens is 692 g/mol. The van der Waals surface area contributed by atoms with E-state index in [2.05, 4.69) is 22.9 Å². The number of halogens is 1. The Morgan fingerprint density at radius 1 is 0.962 bits per heavy atom. The lowest BCUT2D eigenvalue weighted by molar-refractivity contribution is -0.158. The van der Waals surface area contributed by atoms with E-state index in [0.29, 0.717) is 42.7 Å². The lowest BCUT2D eigenvalue weighted by atomic mass is 10.0. The molecule has 0 unspecified atom stereocenters. The van der Waals surface area contributed by atoms with Crippen molar-refractivity contribution in [3.8, 4) is 0 Å². The molecular formula is C37H51ClN6O8. The molecule has 3 heterocycles. The Morgan fingerprint density at radius 3 is 2.29 bits per heavy atom. The van der Waals surface area contributed by atoms with Crippen LogP contribution in [0.15, 0.2) is 36.4 Å². The van der Waals surface area contributed by atoms with Crippen LogP contribution in [-0.4, -0.2) is 119 Å². The quantitative estimate of drug-likeness (QED) is 0.185. The third-order valence-corrected chi connectivity index (χ3v) is 10.2. The Hall–Kier alpha value is -4.46. The van der Waals surface area contributed by atoms with E-state index >= 15 is 0 Å². The van der Waals surface area contributed by atoms with Crippen molar-refractivity contribution < 1.29 is 38.3 Å². The van der Waals surface area contributed by atoms with Crippen molar-refractivity contribution in [3.05, 3.63) is 47.0 Å². The van der Waals surface area contributed by atoms with E-state index in [1.807, 2.05) is 0 Å². The molecule has 1 aromatic rings. The van der Waals surface area contributed by atoms with Gasteiger partial charge in [-0.2, -0.15) is 0 Å². The molecule has 52 heavy (non-hydrogen) atoms. The second kappa shape index (κ2) is 18.9. The van der Waals surface area contributed by atoms with Crippen LogP contribution >= 0.6 is 11.6 Å². The smallest absolute Gasteiger partial charge is 0.328 e. The molecule has 3 aliphatic heterocycles. The molecule has 6 amide bonds. The summed E-state index contributed by atoms with van der Waals surface area (Å²) in [4.78, 5) is 98.9. The average Bonchev–Trinajstić information content (AvgIpc) is 3.82. The molecule has 14 nitrogen and oxygen atoms in total. The molecule has 284 valence electrons. The van der Waals surface area contributed by atoms with Crippen molar-refractivity contribution in [2.24, 2.45) is 0 Å². The predicted octanol–water partition coefficient (Wildman–Crippen LogP) is 1.88. The topological polar surface area (TPSA) is 175 Å². The number of carbonyl (C=O) groups excluding carboxylic acids is 7. The minimum Gasteiger partial charge on any atom is -0.461 e. The van der Waals surface area contributed by atoms with E-state index < -0.39 is 84.3 Å². The van der Waals surface area contributed by atoms with Gasteiger partial charge in [-0.05, 0) is 76.1 Å². The molecule has 0 aromatic heterocycles. The fourth-order valence-electron chi connectivity index (χ4n) is 6.71. The van der Waals surface area contributed by atoms with Crippen LogP contribution in [0.2, 0.25) is 5.02 Å². The van der Waals surface area contributed by atoms with Gasteiger partial charge in [-0.3, -0.25) is 28.8 Å². The van der Waals surface area contributed by atoms with Gasteiger partial charge in [0.25, 0.3) is 0 Å². The highest BCUT2D eigenvalue weighted by Gasteiger charge is 2.43. The first-order valence-corrected chi connectivity index (χ1v) is 18.6. The minimum absolute atomic E-state index is 0.0615. The molecule has 0 spiro atoms. The normalized spacial score (nSPS) is 25.4. The predicted molar refractivity (Wildman–Crippen MR) is 193 cm³/mol. The Bertz CT molecular complexity index is 1520. The zero-order chi connectivity index (χ0) is 37.9. The lowest BCUT2D eigenvalue weighted by Gasteiger charge is -2.34. The number of cyclic esters (lactones) is 1. The highest BCUT2D eigenvalue weighted by Crippen LogP contribution is 2.23. The van der Waals surface area contributed by atoms with Crippen LogP contribution in [0.1, 0.15) is 77.7 Å². The van der Waals surface area contributed by atoms with Crippen molar-refractivity contribution in [1.29, 1.82) is 0 Å². The summed E-state index contributed by atoms with van der Waals surface area (Å²) in [6, 6.07) is 0.370. The molecule has 3 fully saturated rings. The van der Waals surface area contributed by atoms with Gasteiger partial charge in [0.1, 0.15) is 42.9 Å². The van der Waals surface area contributed by atoms with Crippen molar-refractivity contribution in [1.82, 2.24) is 30.7 Å². The fourth-order valence-corrected chi connectivity index (χ4v) is 6.83. The second-order valence-corrected chi connectivity index (χ2v) is 14.2. The number of nitrogens with zero attached hydrogens (tertiary/aromatic N) is 3. The van der Waals surface area contributed by atoms with Crippen LogP contribution in [0.3, 0.4) is 0 Å². The van der Waals surface area contributed by atoms with Crippen LogP contribution in [0.4, 0.5) is 0 Å². The number of carbonyl (C=O) groups is 7. The second-order valence-electron chi connectivity index (χ2n) is 13.7. The first-order chi connectivity index (χ1) is 24.8. The van der Waals surface area contributed by atoms with E-state index in [1.54, 1.807) is 30.3 Å². The van der Waals surface area contributed by atoms with Crippen molar-refractivity contribution in [3.63, 3.8) is 0 Å². The molecule has 0 aliphatic carbocycles. The van der Waals surface area contributed by atoms with E-state index in [9.17, 15) is 33.6 Å². The van der Waals surface area contributed by atoms with Crippen LogP contribution in [-0.2, 0) is 44.7 Å². The van der Waals surface area contributed by atoms with Gasteiger partial charge < -0.3 is 35.4 Å². The van der Waals surface area contributed by atoms with Gasteiger partial charge in [0.05, 0.1) is 0 Å². The Kier molecular flexibility index (Phi) is 14.6. The number of ether oxygens (including phenoxy) is 1. The Morgan fingerprint density at radius 2 is 1.62 bits per heavy atom. The van der Waals surface area contributed by atoms with E-state index in [1.165, 1.54) is 41.7 Å². The van der Waals surface area contributed by atoms with Gasteiger partial charge in [0, 0.05) is 31.6 Å². The van der Waals surface area contributed by atoms with Crippen LogP contribution < -0.4 is 16.0 Å². The summed E-state index contributed by atoms with van der Waals surface area (Å²) in [5.74, 6) is -4.15. The molecule has 0 radical (unpaired) electrons. The molecule has 3 saturated heterocycles. The zero-order valence-corrected chi connectivity index (χ0v) is 31.2. The standard InChI is InChI=1S/C37H51ClN6O8/c1-5-6-7-8-9-14-31(45)40-27(21-25-15-17-26(38)18-16-25)33(47)41-28-22-52-37(51)30-13-11-20-44(30)34(48)23(2)39-32(46)24(3)42(4)36(50)29-12-10-19-43(29)35(28)49/h9,14-18,23-24,27-30H,5-8,10-13,19-22H2,1-4H3,(H,39,46)(H,40,45)(H,41,47)/t23-,24-,27-,28-,29-,30-/m0/s1. The summed E-state index contributed by atoms with van der Waals surface area (Å²) in [5, 5.41) is 8.59. The summed E-state index contributed by atoms with van der Waals surface area (Å²) in [7, 11) is 1.46. The third-order valence-electron chi connectivity index (χ3n) is 9.90. The summed E-state index contributed by atoms with van der Waals surface area (Å²) in [6.07, 6.45) is 8.51. The number of unbranched alkanes of at least 4 members (excludes halogenated alkanes) is 3. The largest absolute Gasteiger partial charge is 0.461 e. The molecule has 3 N–H and O–H groups in total. The number of amides is 6. The van der Waals surface area contributed by atoms with Gasteiger partial charge in [0.15, 0.2) is 0 Å². The summed E-state index contributed by atoms with van der Waals surface area (Å²) in [6.45, 7) is 5.02. The number of allylic oxidation sites excluding steroid dienone is 1. The van der Waals surface area contributed by atoms with Gasteiger partial charge in [-0.25, -0.2) is 4.79 Å². The summed E-state index contributed by atoms with van der Waals surface area (Å²) in [5.41, 5.74) is 0.694. The number of esters is 1. The maximum absolute atomic E-state index is 14.2. The number of rotatable bonds is 10. The molecule has 6 atom stereocenters. The van der Waals surface area contributed by atoms with Crippen molar-refractivity contribution >= 4 is 53.0 Å². The van der Waals surface area contributed by atoms with E-state index in [0.717, 1.165) is 19.3 Å². The number of nitrogens with one attached hydrogen (secondary N) is 3. The SMILES string of the molecule is CCCCCC=CC(=O)N[C@@H](Cc1ccc(Cl)cc1)C(=O)N[C@H]1COC(=O)[C@@H]2CCCN2C(=O)[C@H](C)NC(=O)[C@H](C)N(C)C(=O)[C@@H]2CCCN2C1=O. The first-order valence-electron chi connectivity index (χ1n) is 18.2. The molecule has 4 rings (SSSR count). The Balaban J connectivity index is 1.63. The zero-order valence-electron chi connectivity index (χ0n) is 30.4. The number of likely N-dealkylation sites (N-methyl/N-ethyl adjacent to an activating group) is 1. The lowest BCUT2D eigenvalue weighted by Crippen LogP contribution is -2.60. The van der Waals surface area contributed by atoms with Crippen LogP contribution in [0, 0.1) is 0 Å². The highest BCUT2D eigenvalue weighted by molar-refractivity contribution is 6.30. The van der Waals surface area contributed by atoms with Gasteiger partial charge >= 0.3 is 5.97 Å². The number of benzene rings is 1. The monoisotopic (exact) mass is 742 g/mol. The highest BCUT2D eigenvalue weighted by atomic mass is 35.5. The summed E-state index contributed by atoms with van der Waals surface area (Å²) >= 11 is 6.07. The van der Waals surface area contributed by atoms with Gasteiger partial charge in [-0.15, -0.1) is 0 Å². The number of hydrogen-bond donors (Lipinski definition) is 3. The van der Waals surface area contributed by atoms with Gasteiger partial charge in [-0.1, -0.05) is 49.6 Å². The van der Waals surface area contributed by atoms with E-state index in [4.69, 9.17) is 16.3 Å². The average molecular weight is 743 g/mol. The molecule has 1 aromatic carbocycles. The maximum Gasteiger partial charge on any atom is 0.328 e. The number of hydrogen-bond acceptors (Lipinski definition) is 8.